The molecule has 0 saturated carbocycles. The molecule has 184 valence electrons. The van der Waals surface area contributed by atoms with Crippen LogP contribution in [-0.4, -0.2) is 59.6 Å². The van der Waals surface area contributed by atoms with Crippen molar-refractivity contribution in [3.8, 4) is 11.3 Å². The van der Waals surface area contributed by atoms with Crippen LogP contribution in [0.1, 0.15) is 23.0 Å². The zero-order valence-electron chi connectivity index (χ0n) is 17.1. The lowest BCUT2D eigenvalue weighted by Crippen LogP contribution is -2.44. The van der Waals surface area contributed by atoms with E-state index in [0.29, 0.717) is 29.5 Å². The van der Waals surface area contributed by atoms with Gasteiger partial charge >= 0.3 is 11.7 Å². The monoisotopic (exact) mass is 519 g/mol. The van der Waals surface area contributed by atoms with Crippen molar-refractivity contribution < 1.29 is 48.5 Å². The molecule has 1 saturated heterocycles. The van der Waals surface area contributed by atoms with Crippen molar-refractivity contribution in [3.05, 3.63) is 47.7 Å². The van der Waals surface area contributed by atoms with E-state index in [4.69, 9.17) is 17.4 Å². The molecule has 1 fully saturated rings. The minimum atomic E-state index is -6.09. The second kappa shape index (κ2) is 10.4. The number of carbonyl (C=O) groups is 1. The summed E-state index contributed by atoms with van der Waals surface area (Å²) in [5.74, 6) is 3.39. The van der Waals surface area contributed by atoms with Gasteiger partial charge in [-0.2, -0.15) is 26.3 Å². The molecule has 0 spiro atoms. The lowest BCUT2D eigenvalue weighted by atomic mass is 10.1. The van der Waals surface area contributed by atoms with Gasteiger partial charge in [0, 0.05) is 5.56 Å². The third kappa shape index (κ3) is 7.40. The van der Waals surface area contributed by atoms with Crippen LogP contribution in [0.4, 0.5) is 26.3 Å². The Hall–Kier alpha value is -2.19. The van der Waals surface area contributed by atoms with Gasteiger partial charge in [0.15, 0.2) is 15.9 Å². The van der Waals surface area contributed by atoms with E-state index in [2.05, 4.69) is 6.92 Å². The first-order valence-electron chi connectivity index (χ1n) is 9.36. The van der Waals surface area contributed by atoms with Crippen molar-refractivity contribution in [2.24, 2.45) is 0 Å². The summed E-state index contributed by atoms with van der Waals surface area (Å²) < 4.78 is 103. The zero-order chi connectivity index (χ0) is 25.0. The second-order valence-electron chi connectivity index (χ2n) is 6.74. The predicted octanol–water partition coefficient (Wildman–Crippen LogP) is 4.11. The maximum atomic E-state index is 12.8. The summed E-state index contributed by atoms with van der Waals surface area (Å²) in [5, 5.41) is 0. The van der Waals surface area contributed by atoms with E-state index in [9.17, 15) is 31.1 Å². The van der Waals surface area contributed by atoms with E-state index in [1.807, 2.05) is 0 Å². The van der Waals surface area contributed by atoms with Crippen molar-refractivity contribution >= 4 is 26.9 Å². The highest BCUT2D eigenvalue weighted by molar-refractivity contribution is 7.96. The molecular formula is C19H19F6NO5S2. The first-order valence-corrected chi connectivity index (χ1v) is 12.5. The molecule has 33 heavy (non-hydrogen) atoms. The number of rotatable bonds is 3. The van der Waals surface area contributed by atoms with Gasteiger partial charge in [0.2, 0.25) is 0 Å². The molecule has 0 aliphatic carbocycles. The normalized spacial score (nSPS) is 15.7. The summed E-state index contributed by atoms with van der Waals surface area (Å²) in [6, 6.07) is 7.99. The topological polar surface area (TPSA) is 90.7 Å². The van der Waals surface area contributed by atoms with Gasteiger partial charge in [-0.25, -0.2) is 8.42 Å². The number of nitrogens with zero attached hydrogens (tertiary/aromatic N) is 1. The fraction of sp³-hybridized carbons (Fsp3) is 0.421. The smallest absolute Gasteiger partial charge is 0.485 e. The van der Waals surface area contributed by atoms with E-state index in [0.717, 1.165) is 29.4 Å². The van der Waals surface area contributed by atoms with Crippen LogP contribution < -0.4 is 0 Å². The molecule has 0 radical (unpaired) electrons. The number of benzene rings is 1. The molecule has 2 aromatic rings. The minimum Gasteiger partial charge on any atom is -0.741 e. The van der Waals surface area contributed by atoms with Crippen LogP contribution in [0.3, 0.4) is 0 Å². The average molecular weight is 519 g/mol. The van der Waals surface area contributed by atoms with E-state index in [1.54, 1.807) is 11.0 Å². The third-order valence-electron chi connectivity index (χ3n) is 4.57. The Morgan fingerprint density at radius 1 is 1.09 bits per heavy atom. The highest BCUT2D eigenvalue weighted by Crippen LogP contribution is 2.32. The van der Waals surface area contributed by atoms with Crippen LogP contribution in [0.25, 0.3) is 11.3 Å². The van der Waals surface area contributed by atoms with E-state index in [-0.39, 0.29) is 17.4 Å². The quantitative estimate of drug-likeness (QED) is 0.264. The van der Waals surface area contributed by atoms with Gasteiger partial charge < -0.3 is 13.9 Å². The molecule has 0 bridgehead atoms. The molecule has 14 heteroatoms. The molecule has 1 aromatic heterocycles. The van der Waals surface area contributed by atoms with Crippen LogP contribution in [0.2, 0.25) is 0 Å². The fourth-order valence-electron chi connectivity index (χ4n) is 2.80. The van der Waals surface area contributed by atoms with Crippen LogP contribution in [0, 0.1) is 0 Å². The van der Waals surface area contributed by atoms with Crippen molar-refractivity contribution in [1.29, 1.82) is 0 Å². The standard InChI is InChI=1S/C18H19F3NO2S.CHF3O3S/c1-2-25-10-8-22(9-11-25)17(23)16-7-6-15(24-16)13-4-3-5-14(12-13)18(19,20)21;2-1(3,4)8(5,6)7/h3-7,12H,2,8-11H2,1H3;(H,5,6,7)/q+1;/p-1. The number of halogens is 6. The summed E-state index contributed by atoms with van der Waals surface area (Å²) in [6.07, 6.45) is -4.41. The van der Waals surface area contributed by atoms with Crippen LogP contribution in [0.15, 0.2) is 40.8 Å². The van der Waals surface area contributed by atoms with Crippen LogP contribution in [0.5, 0.6) is 0 Å². The number of carbonyl (C=O) groups excluding carboxylic acids is 1. The maximum absolute atomic E-state index is 12.8. The predicted molar refractivity (Wildman–Crippen MR) is 108 cm³/mol. The summed E-state index contributed by atoms with van der Waals surface area (Å²) >= 11 is 0. The maximum Gasteiger partial charge on any atom is 0.485 e. The molecule has 1 amide bonds. The molecule has 0 atom stereocenters. The fourth-order valence-corrected chi connectivity index (χ4v) is 4.54. The number of hydrogen-bond acceptors (Lipinski definition) is 5. The van der Waals surface area contributed by atoms with Crippen LogP contribution >= 0.6 is 0 Å². The Kier molecular flexibility index (Phi) is 8.52. The lowest BCUT2D eigenvalue weighted by molar-refractivity contribution is -0.137. The second-order valence-corrected chi connectivity index (χ2v) is 10.7. The molecule has 0 unspecified atom stereocenters. The summed E-state index contributed by atoms with van der Waals surface area (Å²) in [6.45, 7) is 3.57. The van der Waals surface area contributed by atoms with Gasteiger partial charge in [-0.3, -0.25) is 4.79 Å². The van der Waals surface area contributed by atoms with Gasteiger partial charge in [0.25, 0.3) is 5.91 Å². The Morgan fingerprint density at radius 2 is 1.67 bits per heavy atom. The number of amides is 1. The number of hydrogen-bond donors (Lipinski definition) is 0. The Morgan fingerprint density at radius 3 is 2.15 bits per heavy atom. The third-order valence-corrected chi connectivity index (χ3v) is 7.47. The highest BCUT2D eigenvalue weighted by Gasteiger charge is 2.37. The molecule has 6 nitrogen and oxygen atoms in total. The van der Waals surface area contributed by atoms with Gasteiger partial charge in [-0.1, -0.05) is 12.1 Å². The molecular weight excluding hydrogens is 500 g/mol. The Bertz CT molecular complexity index is 1060. The number of alkyl halides is 6. The van der Waals surface area contributed by atoms with E-state index >= 15 is 0 Å². The van der Waals surface area contributed by atoms with Gasteiger partial charge in [0.05, 0.1) is 18.7 Å². The highest BCUT2D eigenvalue weighted by atomic mass is 32.2. The van der Waals surface area contributed by atoms with Gasteiger partial charge in [-0.05, 0) is 42.1 Å². The SMILES string of the molecule is CC[S+]1CCN(C(=O)c2ccc(-c3cccc(C(F)(F)F)c3)o2)CC1.O=S(=O)([O-])C(F)(F)F. The molecule has 2 heterocycles. The summed E-state index contributed by atoms with van der Waals surface area (Å²) in [5.41, 5.74) is -6.08. The largest absolute Gasteiger partial charge is 0.741 e. The molecule has 3 rings (SSSR count). The van der Waals surface area contributed by atoms with E-state index < -0.39 is 27.4 Å². The van der Waals surface area contributed by atoms with Gasteiger partial charge in [-0.15, -0.1) is 0 Å². The summed E-state index contributed by atoms with van der Waals surface area (Å²) in [7, 11) is -5.70. The van der Waals surface area contributed by atoms with Crippen molar-refractivity contribution in [1.82, 2.24) is 4.90 Å². The zero-order valence-corrected chi connectivity index (χ0v) is 18.7. The average Bonchev–Trinajstić information content (AvgIpc) is 3.22. The number of furan rings is 1. The van der Waals surface area contributed by atoms with Crippen LogP contribution in [-0.2, 0) is 27.2 Å². The van der Waals surface area contributed by atoms with Crippen molar-refractivity contribution in [2.75, 3.05) is 30.3 Å². The Labute approximate surface area is 188 Å². The molecule has 1 aliphatic heterocycles. The molecule has 0 N–H and O–H groups in total. The van der Waals surface area contributed by atoms with Crippen molar-refractivity contribution in [3.63, 3.8) is 0 Å². The lowest BCUT2D eigenvalue weighted by Gasteiger charge is -2.25. The first-order chi connectivity index (χ1) is 15.1. The molecule has 1 aromatic carbocycles. The van der Waals surface area contributed by atoms with E-state index in [1.165, 1.54) is 18.2 Å². The van der Waals surface area contributed by atoms with Gasteiger partial charge in [0.1, 0.15) is 23.0 Å². The van der Waals surface area contributed by atoms with Crippen molar-refractivity contribution in [2.45, 2.75) is 18.6 Å². The Balaban J connectivity index is 0.000000414. The molecule has 1 aliphatic rings. The first kappa shape index (κ1) is 27.1. The minimum absolute atomic E-state index is 0.172. The summed E-state index contributed by atoms with van der Waals surface area (Å²) in [4.78, 5) is 14.3.